The van der Waals surface area contributed by atoms with E-state index in [-0.39, 0.29) is 0 Å². The Bertz CT molecular complexity index is 592. The van der Waals surface area contributed by atoms with Gasteiger partial charge in [-0.3, -0.25) is 4.79 Å². The molecule has 5 heteroatoms. The highest BCUT2D eigenvalue weighted by atomic mass is 79.9. The molecule has 0 amide bonds. The van der Waals surface area contributed by atoms with Crippen molar-refractivity contribution in [1.82, 2.24) is 9.78 Å². The topological polar surface area (TPSA) is 44.1 Å². The molecule has 0 bridgehead atoms. The van der Waals surface area contributed by atoms with E-state index in [1.54, 1.807) is 4.68 Å². The molecule has 0 saturated carbocycles. The summed E-state index contributed by atoms with van der Waals surface area (Å²) in [6, 6.07) is 7.69. The smallest absolute Gasteiger partial charge is 0.168 e. The molecule has 86 valence electrons. The van der Waals surface area contributed by atoms with Gasteiger partial charge in [0.2, 0.25) is 0 Å². The zero-order chi connectivity index (χ0) is 11.8. The molecule has 2 heterocycles. The first-order valence-corrected chi connectivity index (χ1v) is 5.98. The number of hydrogen-bond donors (Lipinski definition) is 0. The number of aldehydes is 1. The molecule has 2 aromatic rings. The first kappa shape index (κ1) is 10.7. The highest BCUT2D eigenvalue weighted by molar-refractivity contribution is 9.10. The number of halogens is 1. The van der Waals surface area contributed by atoms with Crippen LogP contribution in [0.3, 0.4) is 0 Å². The second-order valence-corrected chi connectivity index (χ2v) is 4.73. The van der Waals surface area contributed by atoms with E-state index in [2.05, 4.69) is 21.0 Å². The lowest BCUT2D eigenvalue weighted by atomic mass is 10.2. The van der Waals surface area contributed by atoms with E-state index in [9.17, 15) is 4.79 Å². The van der Waals surface area contributed by atoms with Crippen LogP contribution in [0, 0.1) is 0 Å². The number of aromatic nitrogens is 2. The van der Waals surface area contributed by atoms with E-state index in [1.165, 1.54) is 0 Å². The Labute approximate surface area is 106 Å². The van der Waals surface area contributed by atoms with Crippen LogP contribution in [0.25, 0.3) is 5.69 Å². The van der Waals surface area contributed by atoms with Crippen molar-refractivity contribution in [3.63, 3.8) is 0 Å². The molecule has 4 nitrogen and oxygen atoms in total. The van der Waals surface area contributed by atoms with Crippen LogP contribution in [-0.2, 0) is 18.0 Å². The van der Waals surface area contributed by atoms with Crippen LogP contribution in [0.1, 0.15) is 21.7 Å². The number of fused-ring (bicyclic) bond motifs is 1. The largest absolute Gasteiger partial charge is 0.370 e. The zero-order valence-corrected chi connectivity index (χ0v) is 10.5. The summed E-state index contributed by atoms with van der Waals surface area (Å²) in [6.45, 7) is 0.953. The van der Waals surface area contributed by atoms with E-state index < -0.39 is 0 Å². The zero-order valence-electron chi connectivity index (χ0n) is 8.89. The van der Waals surface area contributed by atoms with Crippen LogP contribution in [-0.4, -0.2) is 16.1 Å². The summed E-state index contributed by atoms with van der Waals surface area (Å²) in [5.41, 5.74) is 3.21. The van der Waals surface area contributed by atoms with Gasteiger partial charge in [-0.2, -0.15) is 5.10 Å². The molecular formula is C12H9BrN2O2. The molecule has 1 aromatic heterocycles. The molecule has 0 N–H and O–H groups in total. The van der Waals surface area contributed by atoms with Crippen molar-refractivity contribution in [1.29, 1.82) is 0 Å². The Morgan fingerprint density at radius 2 is 2.29 bits per heavy atom. The van der Waals surface area contributed by atoms with E-state index in [1.807, 2.05) is 24.3 Å². The first-order valence-electron chi connectivity index (χ1n) is 5.19. The van der Waals surface area contributed by atoms with Crippen molar-refractivity contribution >= 4 is 22.2 Å². The van der Waals surface area contributed by atoms with Crippen LogP contribution in [0.4, 0.5) is 0 Å². The lowest BCUT2D eigenvalue weighted by molar-refractivity contribution is 0.110. The van der Waals surface area contributed by atoms with Crippen LogP contribution in [0.5, 0.6) is 0 Å². The van der Waals surface area contributed by atoms with Gasteiger partial charge < -0.3 is 4.74 Å². The van der Waals surface area contributed by atoms with E-state index >= 15 is 0 Å². The molecule has 0 radical (unpaired) electrons. The fourth-order valence-electron chi connectivity index (χ4n) is 1.96. The van der Waals surface area contributed by atoms with Crippen molar-refractivity contribution in [2.45, 2.75) is 13.2 Å². The second kappa shape index (κ2) is 4.09. The molecule has 1 aromatic carbocycles. The minimum Gasteiger partial charge on any atom is -0.370 e. The minimum atomic E-state index is 0.470. The summed E-state index contributed by atoms with van der Waals surface area (Å²) in [5, 5.41) is 4.41. The fraction of sp³-hybridized carbons (Fsp3) is 0.167. The van der Waals surface area contributed by atoms with E-state index in [4.69, 9.17) is 4.74 Å². The summed E-state index contributed by atoms with van der Waals surface area (Å²) in [4.78, 5) is 11.2. The SMILES string of the molecule is O=Cc1c2c(nn1-c1cccc(Br)c1)COC2. The standard InChI is InChI=1S/C12H9BrN2O2/c13-8-2-1-3-9(4-8)15-12(5-16)10-6-17-7-11(10)14-15/h1-5H,6-7H2. The summed E-state index contributed by atoms with van der Waals surface area (Å²) in [6.07, 6.45) is 0.835. The van der Waals surface area contributed by atoms with Gasteiger partial charge in [-0.05, 0) is 18.2 Å². The summed E-state index contributed by atoms with van der Waals surface area (Å²) < 4.78 is 7.90. The average molecular weight is 293 g/mol. The van der Waals surface area contributed by atoms with E-state index in [0.717, 1.165) is 27.7 Å². The van der Waals surface area contributed by atoms with Crippen molar-refractivity contribution in [2.75, 3.05) is 0 Å². The van der Waals surface area contributed by atoms with Gasteiger partial charge in [-0.15, -0.1) is 0 Å². The molecule has 0 unspecified atom stereocenters. The van der Waals surface area contributed by atoms with Crippen molar-refractivity contribution in [2.24, 2.45) is 0 Å². The number of ether oxygens (including phenoxy) is 1. The second-order valence-electron chi connectivity index (χ2n) is 3.81. The van der Waals surface area contributed by atoms with Crippen molar-refractivity contribution in [3.05, 3.63) is 45.7 Å². The maximum Gasteiger partial charge on any atom is 0.168 e. The van der Waals surface area contributed by atoms with Crippen LogP contribution < -0.4 is 0 Å². The highest BCUT2D eigenvalue weighted by Crippen LogP contribution is 2.25. The average Bonchev–Trinajstić information content (AvgIpc) is 2.88. The Morgan fingerprint density at radius 1 is 1.41 bits per heavy atom. The third-order valence-electron chi connectivity index (χ3n) is 2.76. The molecule has 17 heavy (non-hydrogen) atoms. The fourth-order valence-corrected chi connectivity index (χ4v) is 2.35. The summed E-state index contributed by atoms with van der Waals surface area (Å²) in [5.74, 6) is 0. The monoisotopic (exact) mass is 292 g/mol. The van der Waals surface area contributed by atoms with Gasteiger partial charge >= 0.3 is 0 Å². The van der Waals surface area contributed by atoms with Gasteiger partial charge in [0.1, 0.15) is 5.69 Å². The van der Waals surface area contributed by atoms with Gasteiger partial charge in [0, 0.05) is 10.0 Å². The number of nitrogens with zero attached hydrogens (tertiary/aromatic N) is 2. The third kappa shape index (κ3) is 1.71. The molecule has 0 atom stereocenters. The number of carbonyl (C=O) groups is 1. The summed E-state index contributed by atoms with van der Waals surface area (Å²) in [7, 11) is 0. The van der Waals surface area contributed by atoms with Crippen LogP contribution >= 0.6 is 15.9 Å². The van der Waals surface area contributed by atoms with Gasteiger partial charge in [0.05, 0.1) is 24.6 Å². The van der Waals surface area contributed by atoms with Gasteiger partial charge in [-0.1, -0.05) is 22.0 Å². The predicted molar refractivity (Wildman–Crippen MR) is 65.1 cm³/mol. The predicted octanol–water partition coefficient (Wildman–Crippen LogP) is 2.48. The van der Waals surface area contributed by atoms with Crippen LogP contribution in [0.2, 0.25) is 0 Å². The van der Waals surface area contributed by atoms with Gasteiger partial charge in [-0.25, -0.2) is 4.68 Å². The Balaban J connectivity index is 2.18. The summed E-state index contributed by atoms with van der Waals surface area (Å²) >= 11 is 3.41. The van der Waals surface area contributed by atoms with Gasteiger partial charge in [0.25, 0.3) is 0 Å². The number of hydrogen-bond acceptors (Lipinski definition) is 3. The maximum atomic E-state index is 11.2. The molecular weight excluding hydrogens is 284 g/mol. The van der Waals surface area contributed by atoms with Crippen molar-refractivity contribution in [3.8, 4) is 5.69 Å². The molecule has 0 saturated heterocycles. The Kier molecular flexibility index (Phi) is 2.57. The Hall–Kier alpha value is -1.46. The number of rotatable bonds is 2. The molecule has 0 aliphatic carbocycles. The number of carbonyl (C=O) groups excluding carboxylic acids is 1. The first-order chi connectivity index (χ1) is 8.29. The quantitative estimate of drug-likeness (QED) is 0.799. The van der Waals surface area contributed by atoms with Gasteiger partial charge in [0.15, 0.2) is 6.29 Å². The van der Waals surface area contributed by atoms with E-state index in [0.29, 0.717) is 18.9 Å². The lowest BCUT2D eigenvalue weighted by Gasteiger charge is -2.05. The molecule has 0 spiro atoms. The van der Waals surface area contributed by atoms with Crippen molar-refractivity contribution < 1.29 is 9.53 Å². The highest BCUT2D eigenvalue weighted by Gasteiger charge is 2.22. The normalized spacial score (nSPS) is 13.7. The molecule has 3 rings (SSSR count). The van der Waals surface area contributed by atoms with Crippen LogP contribution in [0.15, 0.2) is 28.7 Å². The molecule has 1 aliphatic rings. The minimum absolute atomic E-state index is 0.470. The third-order valence-corrected chi connectivity index (χ3v) is 3.25. The lowest BCUT2D eigenvalue weighted by Crippen LogP contribution is -2.03. The number of benzene rings is 1. The Morgan fingerprint density at radius 3 is 3.06 bits per heavy atom. The molecule has 1 aliphatic heterocycles. The maximum absolute atomic E-state index is 11.2. The molecule has 0 fully saturated rings.